The Morgan fingerprint density at radius 1 is 1.22 bits per heavy atom. The van der Waals surface area contributed by atoms with Gasteiger partial charge >= 0.3 is 12.4 Å². The number of hydrogen-bond donors (Lipinski definition) is 1. The minimum Gasteiger partial charge on any atom is -0.316 e. The quantitative estimate of drug-likeness (QED) is 0.649. The molecule has 1 aromatic heterocycles. The minimum absolute atomic E-state index is 0. The summed E-state index contributed by atoms with van der Waals surface area (Å²) in [5, 5.41) is 3.23. The third kappa shape index (κ3) is 8.80. The van der Waals surface area contributed by atoms with E-state index in [0.717, 1.165) is 37.6 Å². The summed E-state index contributed by atoms with van der Waals surface area (Å²) in [4.78, 5) is 12.1. The first-order chi connectivity index (χ1) is 10.1. The van der Waals surface area contributed by atoms with E-state index in [1.807, 2.05) is 0 Å². The van der Waals surface area contributed by atoms with E-state index in [0.29, 0.717) is 5.92 Å². The van der Waals surface area contributed by atoms with E-state index < -0.39 is 24.3 Å². The highest BCUT2D eigenvalue weighted by molar-refractivity contribution is 7.59. The summed E-state index contributed by atoms with van der Waals surface area (Å²) in [5.74, 6) is 0.526. The second-order valence-corrected chi connectivity index (χ2v) is 4.77. The Kier molecular flexibility index (Phi) is 8.60. The molecule has 0 aliphatic carbocycles. The van der Waals surface area contributed by atoms with Gasteiger partial charge in [-0.25, -0.2) is 0 Å². The lowest BCUT2D eigenvalue weighted by Gasteiger charge is -2.09. The Morgan fingerprint density at radius 2 is 1.83 bits per heavy atom. The number of hydrogen-bond acceptors (Lipinski definition) is 3. The van der Waals surface area contributed by atoms with Gasteiger partial charge in [0.2, 0.25) is 6.29 Å². The highest BCUT2D eigenvalue weighted by Gasteiger charge is 2.32. The van der Waals surface area contributed by atoms with Gasteiger partial charge < -0.3 is 5.32 Å². The Labute approximate surface area is 135 Å². The summed E-state index contributed by atoms with van der Waals surface area (Å²) in [6.45, 7) is 1.94. The molecule has 1 aliphatic heterocycles. The molecule has 1 saturated heterocycles. The summed E-state index contributed by atoms with van der Waals surface area (Å²) in [7, 11) is 0. The van der Waals surface area contributed by atoms with Crippen LogP contribution in [0.25, 0.3) is 0 Å². The summed E-state index contributed by atoms with van der Waals surface area (Å²) >= 11 is 0. The van der Waals surface area contributed by atoms with Crippen molar-refractivity contribution in [3.63, 3.8) is 0 Å². The van der Waals surface area contributed by atoms with Gasteiger partial charge in [-0.2, -0.15) is 39.8 Å². The number of aldehydes is 1. The summed E-state index contributed by atoms with van der Waals surface area (Å²) < 4.78 is 68.0. The molecule has 1 fully saturated rings. The number of carbonyl (C=O) groups excluding carboxylic acids is 1. The highest BCUT2D eigenvalue weighted by atomic mass is 32.1. The highest BCUT2D eigenvalue weighted by Crippen LogP contribution is 2.27. The van der Waals surface area contributed by atoms with E-state index in [1.54, 1.807) is 0 Å². The molecule has 0 unspecified atom stereocenters. The van der Waals surface area contributed by atoms with E-state index in [2.05, 4.69) is 10.3 Å². The fourth-order valence-corrected chi connectivity index (χ4v) is 1.93. The van der Waals surface area contributed by atoms with Crippen LogP contribution in [0.15, 0.2) is 18.3 Å². The van der Waals surface area contributed by atoms with E-state index in [1.165, 1.54) is 12.3 Å². The van der Waals surface area contributed by atoms with E-state index in [-0.39, 0.29) is 13.5 Å². The predicted octanol–water partition coefficient (Wildman–Crippen LogP) is 3.11. The first-order valence-corrected chi connectivity index (χ1v) is 6.37. The third-order valence-corrected chi connectivity index (χ3v) is 2.94. The molecule has 2 heterocycles. The Morgan fingerprint density at radius 3 is 2.17 bits per heavy atom. The number of rotatable bonds is 2. The molecule has 1 aliphatic rings. The van der Waals surface area contributed by atoms with E-state index >= 15 is 0 Å². The molecule has 1 N–H and O–H groups in total. The van der Waals surface area contributed by atoms with Crippen LogP contribution in [0.4, 0.5) is 26.3 Å². The molecule has 0 saturated carbocycles. The van der Waals surface area contributed by atoms with Gasteiger partial charge in [0.25, 0.3) is 0 Å². The fraction of sp³-hybridized carbons (Fsp3) is 0.538. The Balaban J connectivity index is 0.000000599. The minimum atomic E-state index is -4.64. The van der Waals surface area contributed by atoms with Gasteiger partial charge in [-0.3, -0.25) is 9.78 Å². The van der Waals surface area contributed by atoms with Crippen LogP contribution in [0.1, 0.15) is 17.7 Å². The molecule has 0 bridgehead atoms. The molecule has 2 rings (SSSR count). The average molecular weight is 362 g/mol. The van der Waals surface area contributed by atoms with Crippen LogP contribution in [0.3, 0.4) is 0 Å². The van der Waals surface area contributed by atoms with Crippen molar-refractivity contribution in [2.24, 2.45) is 5.92 Å². The van der Waals surface area contributed by atoms with Gasteiger partial charge in [-0.05, 0) is 43.5 Å². The molecule has 0 spiro atoms. The molecule has 1 aromatic rings. The maximum absolute atomic E-state index is 12.3. The van der Waals surface area contributed by atoms with Gasteiger partial charge in [-0.1, -0.05) is 6.07 Å². The van der Waals surface area contributed by atoms with Gasteiger partial charge in [0.1, 0.15) is 5.69 Å². The molecule has 10 heteroatoms. The molecule has 0 radical (unpaired) electrons. The molecule has 0 aromatic carbocycles. The lowest BCUT2D eigenvalue weighted by atomic mass is 10.00. The summed E-state index contributed by atoms with van der Waals surface area (Å²) in [5.41, 5.74) is 0.0579. The normalized spacial score (nSPS) is 17.7. The van der Waals surface area contributed by atoms with Gasteiger partial charge in [0.15, 0.2) is 0 Å². The van der Waals surface area contributed by atoms with Gasteiger partial charge in [0, 0.05) is 6.20 Å². The Hall–Kier alpha value is -1.29. The second-order valence-electron chi connectivity index (χ2n) is 4.77. The Bertz CT molecular complexity index is 469. The molecule has 3 nitrogen and oxygen atoms in total. The van der Waals surface area contributed by atoms with Gasteiger partial charge in [0.05, 0.1) is 0 Å². The number of halogens is 6. The number of aromatic nitrogens is 1. The van der Waals surface area contributed by atoms with Crippen molar-refractivity contribution in [1.82, 2.24) is 10.3 Å². The monoisotopic (exact) mass is 362 g/mol. The van der Waals surface area contributed by atoms with Crippen molar-refractivity contribution in [2.45, 2.75) is 25.2 Å². The van der Waals surface area contributed by atoms with Gasteiger partial charge in [-0.15, -0.1) is 0 Å². The second kappa shape index (κ2) is 9.11. The number of carbonyl (C=O) groups is 1. The fourth-order valence-electron chi connectivity index (χ4n) is 1.93. The van der Waals surface area contributed by atoms with Crippen LogP contribution in [-0.2, 0) is 17.4 Å². The lowest BCUT2D eigenvalue weighted by Crippen LogP contribution is -2.12. The molecule has 23 heavy (non-hydrogen) atoms. The first kappa shape index (κ1) is 21.7. The van der Waals surface area contributed by atoms with Crippen molar-refractivity contribution in [2.75, 3.05) is 13.1 Å². The maximum Gasteiger partial charge on any atom is 0.446 e. The van der Waals surface area contributed by atoms with E-state index in [4.69, 9.17) is 4.79 Å². The number of nitrogens with one attached hydrogen (secondary N) is 1. The zero-order chi connectivity index (χ0) is 16.8. The van der Waals surface area contributed by atoms with E-state index in [9.17, 15) is 26.3 Å². The average Bonchev–Trinajstić information content (AvgIpc) is 2.91. The van der Waals surface area contributed by atoms with Crippen LogP contribution < -0.4 is 5.32 Å². The van der Waals surface area contributed by atoms with Crippen LogP contribution >= 0.6 is 13.5 Å². The van der Waals surface area contributed by atoms with Crippen molar-refractivity contribution in [3.05, 3.63) is 29.6 Å². The van der Waals surface area contributed by atoms with Crippen molar-refractivity contribution in [1.29, 1.82) is 0 Å². The van der Waals surface area contributed by atoms with Crippen LogP contribution in [0, 0.1) is 5.92 Å². The summed E-state index contributed by atoms with van der Waals surface area (Å²) in [6.07, 6.45) is -6.82. The predicted molar refractivity (Wildman–Crippen MR) is 76.4 cm³/mol. The van der Waals surface area contributed by atoms with Crippen molar-refractivity contribution >= 4 is 19.8 Å². The molecular weight excluding hydrogens is 346 g/mol. The lowest BCUT2D eigenvalue weighted by molar-refractivity contribution is -0.156. The van der Waals surface area contributed by atoms with Crippen molar-refractivity contribution < 1.29 is 31.1 Å². The summed E-state index contributed by atoms with van der Waals surface area (Å²) in [6, 6.07) is 2.58. The SMILES string of the molecule is FC(F)(F)c1ccc(C[C@H]2CCNC2)cn1.O=CC(F)(F)F.S. The molecular formula is C13H16F6N2OS. The number of alkyl halides is 6. The van der Waals surface area contributed by atoms with Crippen LogP contribution in [0.5, 0.6) is 0 Å². The van der Waals surface area contributed by atoms with Crippen LogP contribution in [-0.4, -0.2) is 30.5 Å². The topological polar surface area (TPSA) is 42.0 Å². The maximum atomic E-state index is 12.3. The van der Waals surface area contributed by atoms with Crippen LogP contribution in [0.2, 0.25) is 0 Å². The zero-order valence-electron chi connectivity index (χ0n) is 11.8. The molecule has 0 amide bonds. The molecule has 1 atom stereocenters. The number of pyridine rings is 1. The smallest absolute Gasteiger partial charge is 0.316 e. The largest absolute Gasteiger partial charge is 0.446 e. The third-order valence-electron chi connectivity index (χ3n) is 2.94. The van der Waals surface area contributed by atoms with Crippen molar-refractivity contribution in [3.8, 4) is 0 Å². The standard InChI is InChI=1S/C11H13F3N2.C2HF3O.H2S/c12-11(13,14)10-2-1-8(7-16-10)5-9-3-4-15-6-9;3-2(4,5)1-6;/h1-2,7,9,15H,3-6H2;1H;1H2/t9-;;/m1../s1. The number of nitrogens with zero attached hydrogens (tertiary/aromatic N) is 1. The first-order valence-electron chi connectivity index (χ1n) is 6.37. The zero-order valence-corrected chi connectivity index (χ0v) is 12.8. The molecule has 132 valence electrons.